The number of hydrogen-bond donors (Lipinski definition) is 1. The van der Waals surface area contributed by atoms with Crippen LogP contribution in [-0.4, -0.2) is 12.5 Å². The minimum atomic E-state index is -0.341. The molecule has 126 valence electrons. The predicted molar refractivity (Wildman–Crippen MR) is 96.2 cm³/mol. The normalized spacial score (nSPS) is 10.3. The zero-order valence-corrected chi connectivity index (χ0v) is 13.6. The first-order chi connectivity index (χ1) is 12.2. The van der Waals surface area contributed by atoms with Gasteiger partial charge in [-0.2, -0.15) is 0 Å². The Morgan fingerprint density at radius 3 is 2.32 bits per heavy atom. The molecule has 25 heavy (non-hydrogen) atoms. The minimum Gasteiger partial charge on any atom is -0.484 e. The number of hydrogen-bond acceptors (Lipinski definition) is 2. The van der Waals surface area contributed by atoms with E-state index in [0.29, 0.717) is 5.75 Å². The van der Waals surface area contributed by atoms with Crippen LogP contribution < -0.4 is 10.1 Å². The zero-order chi connectivity index (χ0) is 17.5. The second-order valence-electron chi connectivity index (χ2n) is 5.61. The molecule has 0 aromatic heterocycles. The zero-order valence-electron chi connectivity index (χ0n) is 13.6. The standard InChI is InChI=1S/C21H18FNO2/c22-18-10-12-19(13-11-18)25-15-21(24)23-20-9-5-4-8-17(20)14-16-6-2-1-3-7-16/h1-13H,14-15H2,(H,23,24). The van der Waals surface area contributed by atoms with E-state index in [1.807, 2.05) is 42.5 Å². The lowest BCUT2D eigenvalue weighted by molar-refractivity contribution is -0.118. The van der Waals surface area contributed by atoms with Crippen molar-refractivity contribution in [2.24, 2.45) is 0 Å². The number of amides is 1. The molecule has 0 atom stereocenters. The van der Waals surface area contributed by atoms with Gasteiger partial charge in [-0.05, 0) is 47.9 Å². The third-order valence-electron chi connectivity index (χ3n) is 3.71. The third-order valence-corrected chi connectivity index (χ3v) is 3.71. The molecule has 3 aromatic carbocycles. The number of ether oxygens (including phenoxy) is 1. The summed E-state index contributed by atoms with van der Waals surface area (Å²) in [5.74, 6) is -0.148. The Morgan fingerprint density at radius 1 is 0.880 bits per heavy atom. The Kier molecular flexibility index (Phi) is 5.42. The van der Waals surface area contributed by atoms with Crippen LogP contribution in [0.1, 0.15) is 11.1 Å². The van der Waals surface area contributed by atoms with Gasteiger partial charge in [-0.3, -0.25) is 4.79 Å². The quantitative estimate of drug-likeness (QED) is 0.723. The Labute approximate surface area is 146 Å². The molecule has 0 radical (unpaired) electrons. The maximum Gasteiger partial charge on any atom is 0.262 e. The molecule has 3 nitrogen and oxygen atoms in total. The van der Waals surface area contributed by atoms with Gasteiger partial charge in [0.2, 0.25) is 0 Å². The molecule has 0 aliphatic rings. The van der Waals surface area contributed by atoms with Gasteiger partial charge in [0.05, 0.1) is 0 Å². The molecule has 0 fully saturated rings. The highest BCUT2D eigenvalue weighted by Crippen LogP contribution is 2.19. The van der Waals surface area contributed by atoms with E-state index in [1.54, 1.807) is 0 Å². The van der Waals surface area contributed by atoms with E-state index in [9.17, 15) is 9.18 Å². The lowest BCUT2D eigenvalue weighted by Crippen LogP contribution is -2.21. The van der Waals surface area contributed by atoms with Crippen LogP contribution in [0.2, 0.25) is 0 Å². The smallest absolute Gasteiger partial charge is 0.262 e. The number of anilines is 1. The molecule has 4 heteroatoms. The first-order valence-corrected chi connectivity index (χ1v) is 8.01. The van der Waals surface area contributed by atoms with Gasteiger partial charge in [0, 0.05) is 5.69 Å². The number of carbonyl (C=O) groups is 1. The van der Waals surface area contributed by atoms with Crippen molar-refractivity contribution in [3.8, 4) is 5.75 Å². The SMILES string of the molecule is O=C(COc1ccc(F)cc1)Nc1ccccc1Cc1ccccc1. The minimum absolute atomic E-state index is 0.134. The van der Waals surface area contributed by atoms with Crippen molar-refractivity contribution in [2.75, 3.05) is 11.9 Å². The first kappa shape index (κ1) is 16.7. The second kappa shape index (κ2) is 8.11. The number of benzene rings is 3. The molecule has 1 N–H and O–H groups in total. The van der Waals surface area contributed by atoms with Crippen molar-refractivity contribution in [1.82, 2.24) is 0 Å². The van der Waals surface area contributed by atoms with Crippen LogP contribution in [0, 0.1) is 5.82 Å². The Bertz CT molecular complexity index is 832. The average molecular weight is 335 g/mol. The monoisotopic (exact) mass is 335 g/mol. The lowest BCUT2D eigenvalue weighted by atomic mass is 10.0. The van der Waals surface area contributed by atoms with Crippen LogP contribution in [0.15, 0.2) is 78.9 Å². The molecule has 1 amide bonds. The molecular weight excluding hydrogens is 317 g/mol. The Morgan fingerprint density at radius 2 is 1.56 bits per heavy atom. The van der Waals surface area contributed by atoms with E-state index < -0.39 is 0 Å². The van der Waals surface area contributed by atoms with E-state index in [4.69, 9.17) is 4.74 Å². The molecule has 0 heterocycles. The lowest BCUT2D eigenvalue weighted by Gasteiger charge is -2.12. The molecule has 0 unspecified atom stereocenters. The summed E-state index contributed by atoms with van der Waals surface area (Å²) in [5.41, 5.74) is 2.97. The molecule has 0 spiro atoms. The van der Waals surface area contributed by atoms with Crippen LogP contribution in [0.4, 0.5) is 10.1 Å². The summed E-state index contributed by atoms with van der Waals surface area (Å²) in [6.45, 7) is -0.134. The third kappa shape index (κ3) is 4.91. The average Bonchev–Trinajstić information content (AvgIpc) is 2.64. The van der Waals surface area contributed by atoms with Gasteiger partial charge >= 0.3 is 0 Å². The van der Waals surface area contributed by atoms with Gasteiger partial charge < -0.3 is 10.1 Å². The van der Waals surface area contributed by atoms with E-state index in [2.05, 4.69) is 17.4 Å². The second-order valence-corrected chi connectivity index (χ2v) is 5.61. The van der Waals surface area contributed by atoms with Gasteiger partial charge in [0.25, 0.3) is 5.91 Å². The molecule has 0 bridgehead atoms. The molecule has 0 aliphatic carbocycles. The van der Waals surface area contributed by atoms with Crippen molar-refractivity contribution in [3.63, 3.8) is 0 Å². The summed E-state index contributed by atoms with van der Waals surface area (Å²) in [5, 5.41) is 2.87. The van der Waals surface area contributed by atoms with E-state index in [-0.39, 0.29) is 18.3 Å². The van der Waals surface area contributed by atoms with Crippen molar-refractivity contribution in [2.45, 2.75) is 6.42 Å². The summed E-state index contributed by atoms with van der Waals surface area (Å²) in [6.07, 6.45) is 0.732. The van der Waals surface area contributed by atoms with Crippen molar-refractivity contribution in [3.05, 3.63) is 95.8 Å². The van der Waals surface area contributed by atoms with Crippen molar-refractivity contribution < 1.29 is 13.9 Å². The van der Waals surface area contributed by atoms with Gasteiger partial charge in [0.1, 0.15) is 11.6 Å². The molecule has 3 aromatic rings. The maximum absolute atomic E-state index is 12.9. The number of halogens is 1. The highest BCUT2D eigenvalue weighted by Gasteiger charge is 2.08. The summed E-state index contributed by atoms with van der Waals surface area (Å²) in [6, 6.07) is 23.3. The fraction of sp³-hybridized carbons (Fsp3) is 0.0952. The fourth-order valence-corrected chi connectivity index (χ4v) is 2.48. The number of carbonyl (C=O) groups excluding carboxylic acids is 1. The number of rotatable bonds is 6. The number of para-hydroxylation sites is 1. The van der Waals surface area contributed by atoms with Crippen LogP contribution in [-0.2, 0) is 11.2 Å². The topological polar surface area (TPSA) is 38.3 Å². The summed E-state index contributed by atoms with van der Waals surface area (Å²) in [4.78, 5) is 12.1. The molecular formula is C21H18FNO2. The predicted octanol–water partition coefficient (Wildman–Crippen LogP) is 4.43. The highest BCUT2D eigenvalue weighted by atomic mass is 19.1. The Hall–Kier alpha value is -3.14. The van der Waals surface area contributed by atoms with Crippen LogP contribution in [0.3, 0.4) is 0 Å². The van der Waals surface area contributed by atoms with Crippen molar-refractivity contribution >= 4 is 11.6 Å². The first-order valence-electron chi connectivity index (χ1n) is 8.01. The van der Waals surface area contributed by atoms with Gasteiger partial charge in [-0.25, -0.2) is 4.39 Å². The van der Waals surface area contributed by atoms with E-state index >= 15 is 0 Å². The van der Waals surface area contributed by atoms with Gasteiger partial charge in [0.15, 0.2) is 6.61 Å². The van der Waals surface area contributed by atoms with Crippen LogP contribution in [0.25, 0.3) is 0 Å². The van der Waals surface area contributed by atoms with E-state index in [0.717, 1.165) is 17.7 Å². The van der Waals surface area contributed by atoms with E-state index in [1.165, 1.54) is 29.8 Å². The number of nitrogens with one attached hydrogen (secondary N) is 1. The van der Waals surface area contributed by atoms with Gasteiger partial charge in [-0.1, -0.05) is 48.5 Å². The van der Waals surface area contributed by atoms with Crippen molar-refractivity contribution in [1.29, 1.82) is 0 Å². The molecule has 0 aliphatic heterocycles. The van der Waals surface area contributed by atoms with Crippen LogP contribution in [0.5, 0.6) is 5.75 Å². The van der Waals surface area contributed by atoms with Crippen LogP contribution >= 0.6 is 0 Å². The fourth-order valence-electron chi connectivity index (χ4n) is 2.48. The van der Waals surface area contributed by atoms with Gasteiger partial charge in [-0.15, -0.1) is 0 Å². The molecule has 3 rings (SSSR count). The maximum atomic E-state index is 12.9. The summed E-state index contributed by atoms with van der Waals surface area (Å²) in [7, 11) is 0. The Balaban J connectivity index is 1.62. The summed E-state index contributed by atoms with van der Waals surface area (Å²) >= 11 is 0. The largest absolute Gasteiger partial charge is 0.484 e. The molecule has 0 saturated heterocycles. The highest BCUT2D eigenvalue weighted by molar-refractivity contribution is 5.92. The molecule has 0 saturated carbocycles. The summed E-state index contributed by atoms with van der Waals surface area (Å²) < 4.78 is 18.2.